The molecule has 1 N–H and O–H groups in total. The molecule has 0 bridgehead atoms. The molecule has 0 saturated carbocycles. The van der Waals surface area contributed by atoms with Crippen LogP contribution >= 0.6 is 0 Å². The van der Waals surface area contributed by atoms with Gasteiger partial charge in [-0.2, -0.15) is 10.1 Å². The molecule has 4 rings (SSSR count). The summed E-state index contributed by atoms with van der Waals surface area (Å²) >= 11 is 0. The topological polar surface area (TPSA) is 68.8 Å². The van der Waals surface area contributed by atoms with E-state index >= 15 is 0 Å². The van der Waals surface area contributed by atoms with Gasteiger partial charge in [0.25, 0.3) is 0 Å². The van der Waals surface area contributed by atoms with Crippen LogP contribution in [0.15, 0.2) is 41.1 Å². The van der Waals surface area contributed by atoms with E-state index in [2.05, 4.69) is 44.8 Å². The molecule has 1 atom stereocenters. The monoisotopic (exact) mass is 281 g/mol. The van der Waals surface area contributed by atoms with Gasteiger partial charge in [-0.1, -0.05) is 29.4 Å². The molecule has 3 aromatic rings. The van der Waals surface area contributed by atoms with Crippen molar-refractivity contribution >= 4 is 0 Å². The maximum absolute atomic E-state index is 5.41. The van der Waals surface area contributed by atoms with E-state index in [1.165, 1.54) is 11.1 Å². The van der Waals surface area contributed by atoms with Crippen molar-refractivity contribution in [3.05, 3.63) is 53.5 Å². The Bertz CT molecular complexity index is 776. The number of aromatic nitrogens is 4. The molecule has 0 unspecified atom stereocenters. The number of nitrogens with zero attached hydrogens (tertiary/aromatic N) is 4. The summed E-state index contributed by atoms with van der Waals surface area (Å²) in [5.74, 6) is 1.15. The Labute approximate surface area is 121 Å². The van der Waals surface area contributed by atoms with Crippen molar-refractivity contribution < 1.29 is 4.52 Å². The Morgan fingerprint density at radius 3 is 2.90 bits per heavy atom. The summed E-state index contributed by atoms with van der Waals surface area (Å²) in [5, 5.41) is 11.8. The van der Waals surface area contributed by atoms with E-state index in [0.717, 1.165) is 18.7 Å². The summed E-state index contributed by atoms with van der Waals surface area (Å²) in [6, 6.07) is 10.4. The van der Waals surface area contributed by atoms with Gasteiger partial charge in [-0.15, -0.1) is 0 Å². The maximum Gasteiger partial charge on any atom is 0.244 e. The predicted molar refractivity (Wildman–Crippen MR) is 76.2 cm³/mol. The first-order valence-electron chi connectivity index (χ1n) is 6.93. The van der Waals surface area contributed by atoms with Gasteiger partial charge in [0.2, 0.25) is 11.7 Å². The number of benzene rings is 1. The van der Waals surface area contributed by atoms with E-state index in [1.807, 2.05) is 19.3 Å². The summed E-state index contributed by atoms with van der Waals surface area (Å²) in [4.78, 5) is 4.47. The van der Waals surface area contributed by atoms with Crippen LogP contribution in [0.3, 0.4) is 0 Å². The van der Waals surface area contributed by atoms with Gasteiger partial charge in [0, 0.05) is 19.8 Å². The molecule has 0 amide bonds. The van der Waals surface area contributed by atoms with Gasteiger partial charge >= 0.3 is 0 Å². The minimum Gasteiger partial charge on any atom is -0.337 e. The summed E-state index contributed by atoms with van der Waals surface area (Å²) in [7, 11) is 1.87. The summed E-state index contributed by atoms with van der Waals surface area (Å²) in [6.07, 6.45) is 2.72. The average molecular weight is 281 g/mol. The van der Waals surface area contributed by atoms with E-state index in [1.54, 1.807) is 4.68 Å². The summed E-state index contributed by atoms with van der Waals surface area (Å²) in [5.41, 5.74) is 3.39. The van der Waals surface area contributed by atoms with Crippen LogP contribution in [-0.4, -0.2) is 19.9 Å². The average Bonchev–Trinajstić information content (AvgIpc) is 3.15. The molecule has 6 nitrogen and oxygen atoms in total. The molecule has 3 heterocycles. The van der Waals surface area contributed by atoms with Crippen LogP contribution in [-0.2, 0) is 20.0 Å². The second kappa shape index (κ2) is 4.82. The predicted octanol–water partition coefficient (Wildman–Crippen LogP) is 1.86. The van der Waals surface area contributed by atoms with Crippen molar-refractivity contribution in [2.24, 2.45) is 7.05 Å². The standard InChI is InChI=1S/C15H15N5O/c1-20-7-6-12(18-20)14-17-15(21-19-14)13-8-10-4-2-3-5-11(10)9-16-13/h2-7,13,16H,8-9H2,1H3/t13-/m1/s1. The number of nitrogens with one attached hydrogen (secondary N) is 1. The third-order valence-corrected chi connectivity index (χ3v) is 3.76. The van der Waals surface area contributed by atoms with Crippen LogP contribution in [0.25, 0.3) is 11.5 Å². The summed E-state index contributed by atoms with van der Waals surface area (Å²) < 4.78 is 7.13. The van der Waals surface area contributed by atoms with Crippen LogP contribution in [0.4, 0.5) is 0 Å². The highest BCUT2D eigenvalue weighted by atomic mass is 16.5. The lowest BCUT2D eigenvalue weighted by Gasteiger charge is -2.23. The zero-order valence-corrected chi connectivity index (χ0v) is 11.7. The van der Waals surface area contributed by atoms with Crippen molar-refractivity contribution in [1.29, 1.82) is 0 Å². The number of fused-ring (bicyclic) bond motifs is 1. The van der Waals surface area contributed by atoms with E-state index < -0.39 is 0 Å². The van der Waals surface area contributed by atoms with Crippen LogP contribution in [0.1, 0.15) is 23.1 Å². The normalized spacial score (nSPS) is 17.7. The molecular formula is C15H15N5O. The molecule has 0 aliphatic carbocycles. The molecule has 1 aliphatic rings. The molecule has 106 valence electrons. The van der Waals surface area contributed by atoms with Crippen molar-refractivity contribution in [2.75, 3.05) is 0 Å². The molecule has 6 heteroatoms. The first-order chi connectivity index (χ1) is 10.3. The van der Waals surface area contributed by atoms with Crippen molar-refractivity contribution in [3.63, 3.8) is 0 Å². The molecule has 2 aromatic heterocycles. The van der Waals surface area contributed by atoms with E-state index in [-0.39, 0.29) is 6.04 Å². The Morgan fingerprint density at radius 2 is 2.10 bits per heavy atom. The van der Waals surface area contributed by atoms with Gasteiger partial charge in [-0.3, -0.25) is 4.68 Å². The molecular weight excluding hydrogens is 266 g/mol. The SMILES string of the molecule is Cn1ccc(-c2noc([C@H]3Cc4ccccc4CN3)n2)n1. The second-order valence-corrected chi connectivity index (χ2v) is 5.24. The largest absolute Gasteiger partial charge is 0.337 e. The maximum atomic E-state index is 5.41. The first kappa shape index (κ1) is 12.3. The molecule has 1 aliphatic heterocycles. The van der Waals surface area contributed by atoms with Crippen molar-refractivity contribution in [3.8, 4) is 11.5 Å². The van der Waals surface area contributed by atoms with E-state index in [9.17, 15) is 0 Å². The molecule has 0 fully saturated rings. The lowest BCUT2D eigenvalue weighted by molar-refractivity contribution is 0.321. The molecule has 0 spiro atoms. The Kier molecular flexibility index (Phi) is 2.82. The fraction of sp³-hybridized carbons (Fsp3) is 0.267. The number of rotatable bonds is 2. The van der Waals surface area contributed by atoms with Gasteiger partial charge in [0.05, 0.1) is 6.04 Å². The van der Waals surface area contributed by atoms with Crippen molar-refractivity contribution in [1.82, 2.24) is 25.2 Å². The highest BCUT2D eigenvalue weighted by Crippen LogP contribution is 2.26. The Morgan fingerprint density at radius 1 is 1.24 bits per heavy atom. The number of hydrogen-bond acceptors (Lipinski definition) is 5. The zero-order chi connectivity index (χ0) is 14.2. The molecule has 1 aromatic carbocycles. The van der Waals surface area contributed by atoms with Crippen LogP contribution < -0.4 is 5.32 Å². The Hall–Kier alpha value is -2.47. The van der Waals surface area contributed by atoms with Crippen LogP contribution in [0.5, 0.6) is 0 Å². The van der Waals surface area contributed by atoms with Gasteiger partial charge in [-0.25, -0.2) is 0 Å². The lowest BCUT2D eigenvalue weighted by Crippen LogP contribution is -2.28. The third-order valence-electron chi connectivity index (χ3n) is 3.76. The van der Waals surface area contributed by atoms with Gasteiger partial charge in [-0.05, 0) is 23.6 Å². The van der Waals surface area contributed by atoms with Gasteiger partial charge < -0.3 is 9.84 Å². The van der Waals surface area contributed by atoms with Crippen LogP contribution in [0.2, 0.25) is 0 Å². The minimum atomic E-state index is 0.0601. The third kappa shape index (κ3) is 2.23. The molecule has 0 radical (unpaired) electrons. The lowest BCUT2D eigenvalue weighted by atomic mass is 9.96. The highest BCUT2D eigenvalue weighted by molar-refractivity contribution is 5.46. The number of aryl methyl sites for hydroxylation is 1. The van der Waals surface area contributed by atoms with Gasteiger partial charge in [0.1, 0.15) is 5.69 Å². The first-order valence-corrected chi connectivity index (χ1v) is 6.93. The fourth-order valence-corrected chi connectivity index (χ4v) is 2.64. The van der Waals surface area contributed by atoms with Crippen molar-refractivity contribution in [2.45, 2.75) is 19.0 Å². The minimum absolute atomic E-state index is 0.0601. The smallest absolute Gasteiger partial charge is 0.244 e. The zero-order valence-electron chi connectivity index (χ0n) is 11.7. The molecule has 0 saturated heterocycles. The Balaban J connectivity index is 1.60. The molecule has 21 heavy (non-hydrogen) atoms. The highest BCUT2D eigenvalue weighted by Gasteiger charge is 2.24. The fourth-order valence-electron chi connectivity index (χ4n) is 2.64. The number of hydrogen-bond donors (Lipinski definition) is 1. The van der Waals surface area contributed by atoms with E-state index in [4.69, 9.17) is 4.52 Å². The quantitative estimate of drug-likeness (QED) is 0.776. The van der Waals surface area contributed by atoms with Gasteiger partial charge in [0.15, 0.2) is 0 Å². The van der Waals surface area contributed by atoms with Crippen LogP contribution in [0, 0.1) is 0 Å². The summed E-state index contributed by atoms with van der Waals surface area (Å²) in [6.45, 7) is 0.822. The van der Waals surface area contributed by atoms with E-state index in [0.29, 0.717) is 11.7 Å². The second-order valence-electron chi connectivity index (χ2n) is 5.24.